The minimum Gasteiger partial charge on any atom is -0.478 e. The Kier molecular flexibility index (Phi) is 5.29. The Bertz CT molecular complexity index is 510. The van der Waals surface area contributed by atoms with Crippen LogP contribution in [0.5, 0.6) is 5.75 Å². The quantitative estimate of drug-likeness (QED) is 0.845. The lowest BCUT2D eigenvalue weighted by atomic mass is 10.1. The van der Waals surface area contributed by atoms with E-state index >= 15 is 0 Å². The molecule has 1 aromatic carbocycles. The average molecular weight is 306 g/mol. The van der Waals surface area contributed by atoms with E-state index in [9.17, 15) is 9.90 Å². The van der Waals surface area contributed by atoms with Crippen molar-refractivity contribution in [2.75, 3.05) is 18.4 Å². The standard InChI is InChI=1S/C17H26N2O3/c1-13(19-11-7-4-8-12-19)18-14-9-5-6-10-15(14)22-17(2,3)16(20)21/h5-6,9-10,13,18H,4,7-8,11-12H2,1-3H3,(H,20,21). The van der Waals surface area contributed by atoms with E-state index in [-0.39, 0.29) is 6.17 Å². The van der Waals surface area contributed by atoms with Crippen LogP contribution in [0, 0.1) is 0 Å². The summed E-state index contributed by atoms with van der Waals surface area (Å²) in [5.41, 5.74) is -0.429. The van der Waals surface area contributed by atoms with E-state index in [1.165, 1.54) is 19.3 Å². The molecule has 2 rings (SSSR count). The van der Waals surface area contributed by atoms with Crippen molar-refractivity contribution in [3.8, 4) is 5.75 Å². The van der Waals surface area contributed by atoms with Crippen molar-refractivity contribution in [2.45, 2.75) is 51.8 Å². The highest BCUT2D eigenvalue weighted by atomic mass is 16.5. The number of hydrogen-bond donors (Lipinski definition) is 2. The van der Waals surface area contributed by atoms with Crippen LogP contribution in [-0.4, -0.2) is 40.8 Å². The summed E-state index contributed by atoms with van der Waals surface area (Å²) in [5, 5.41) is 12.7. The molecular weight excluding hydrogens is 280 g/mol. The number of nitrogens with one attached hydrogen (secondary N) is 1. The van der Waals surface area contributed by atoms with Crippen LogP contribution < -0.4 is 10.1 Å². The third kappa shape index (κ3) is 4.13. The van der Waals surface area contributed by atoms with Gasteiger partial charge in [0.1, 0.15) is 5.75 Å². The number of rotatable bonds is 6. The Morgan fingerprint density at radius 2 is 1.91 bits per heavy atom. The largest absolute Gasteiger partial charge is 0.478 e. The molecule has 5 heteroatoms. The summed E-state index contributed by atoms with van der Waals surface area (Å²) < 4.78 is 5.70. The summed E-state index contributed by atoms with van der Waals surface area (Å²) in [6.45, 7) is 7.43. The monoisotopic (exact) mass is 306 g/mol. The number of benzene rings is 1. The molecule has 0 aliphatic carbocycles. The summed E-state index contributed by atoms with van der Waals surface area (Å²) in [6.07, 6.45) is 3.96. The van der Waals surface area contributed by atoms with Gasteiger partial charge < -0.3 is 15.2 Å². The van der Waals surface area contributed by atoms with Crippen molar-refractivity contribution in [1.82, 2.24) is 4.90 Å². The van der Waals surface area contributed by atoms with E-state index in [1.807, 2.05) is 18.2 Å². The second-order valence-corrected chi connectivity index (χ2v) is 6.33. The number of aliphatic carboxylic acids is 1. The topological polar surface area (TPSA) is 61.8 Å². The number of hydrogen-bond acceptors (Lipinski definition) is 4. The summed E-state index contributed by atoms with van der Waals surface area (Å²) in [5.74, 6) is -0.412. The minimum absolute atomic E-state index is 0.193. The summed E-state index contributed by atoms with van der Waals surface area (Å²) in [4.78, 5) is 13.7. The lowest BCUT2D eigenvalue weighted by Crippen LogP contribution is -2.42. The maximum Gasteiger partial charge on any atom is 0.347 e. The Morgan fingerprint density at radius 1 is 1.27 bits per heavy atom. The van der Waals surface area contributed by atoms with Gasteiger partial charge in [-0.2, -0.15) is 0 Å². The summed E-state index contributed by atoms with van der Waals surface area (Å²) in [6, 6.07) is 7.50. The van der Waals surface area contributed by atoms with E-state index in [2.05, 4.69) is 17.1 Å². The van der Waals surface area contributed by atoms with Gasteiger partial charge >= 0.3 is 5.97 Å². The normalized spacial score (nSPS) is 17.8. The van der Waals surface area contributed by atoms with Gasteiger partial charge in [0.15, 0.2) is 5.60 Å². The fraction of sp³-hybridized carbons (Fsp3) is 0.588. The van der Waals surface area contributed by atoms with Crippen LogP contribution in [-0.2, 0) is 4.79 Å². The van der Waals surface area contributed by atoms with Gasteiger partial charge in [0.05, 0.1) is 11.9 Å². The van der Waals surface area contributed by atoms with Crippen LogP contribution in [0.1, 0.15) is 40.0 Å². The highest BCUT2D eigenvalue weighted by Crippen LogP contribution is 2.29. The molecule has 1 fully saturated rings. The number of para-hydroxylation sites is 2. The van der Waals surface area contributed by atoms with E-state index in [4.69, 9.17) is 4.74 Å². The number of carboxylic acids is 1. The first-order valence-corrected chi connectivity index (χ1v) is 7.92. The number of ether oxygens (including phenoxy) is 1. The van der Waals surface area contributed by atoms with Crippen LogP contribution in [0.3, 0.4) is 0 Å². The molecular formula is C17H26N2O3. The second kappa shape index (κ2) is 7.01. The van der Waals surface area contributed by atoms with Crippen LogP contribution in [0.4, 0.5) is 5.69 Å². The molecule has 1 heterocycles. The minimum atomic E-state index is -1.26. The first-order chi connectivity index (χ1) is 10.4. The molecule has 1 unspecified atom stereocenters. The van der Waals surface area contributed by atoms with Crippen molar-refractivity contribution in [1.29, 1.82) is 0 Å². The van der Waals surface area contributed by atoms with Crippen LogP contribution in [0.25, 0.3) is 0 Å². The van der Waals surface area contributed by atoms with Gasteiger partial charge in [-0.3, -0.25) is 4.90 Å². The highest BCUT2D eigenvalue weighted by Gasteiger charge is 2.30. The molecule has 1 aliphatic rings. The molecule has 1 saturated heterocycles. The molecule has 122 valence electrons. The molecule has 1 aromatic rings. The molecule has 2 N–H and O–H groups in total. The number of carboxylic acid groups (broad SMARTS) is 1. The number of nitrogens with zero attached hydrogens (tertiary/aromatic N) is 1. The molecule has 1 atom stereocenters. The molecule has 0 amide bonds. The molecule has 0 saturated carbocycles. The van der Waals surface area contributed by atoms with Crippen molar-refractivity contribution >= 4 is 11.7 Å². The lowest BCUT2D eigenvalue weighted by Gasteiger charge is -2.34. The summed E-state index contributed by atoms with van der Waals surface area (Å²) >= 11 is 0. The number of piperidine rings is 1. The van der Waals surface area contributed by atoms with Gasteiger partial charge in [-0.05, 0) is 45.7 Å². The highest BCUT2D eigenvalue weighted by molar-refractivity contribution is 5.77. The Balaban J connectivity index is 2.09. The second-order valence-electron chi connectivity index (χ2n) is 6.33. The maximum absolute atomic E-state index is 11.3. The molecule has 0 bridgehead atoms. The fourth-order valence-corrected chi connectivity index (χ4v) is 2.62. The first-order valence-electron chi connectivity index (χ1n) is 7.92. The van der Waals surface area contributed by atoms with Gasteiger partial charge in [-0.1, -0.05) is 18.6 Å². The van der Waals surface area contributed by atoms with E-state index < -0.39 is 11.6 Å². The van der Waals surface area contributed by atoms with Gasteiger partial charge in [-0.15, -0.1) is 0 Å². The van der Waals surface area contributed by atoms with E-state index in [0.29, 0.717) is 5.75 Å². The Hall–Kier alpha value is -1.75. The van der Waals surface area contributed by atoms with E-state index in [0.717, 1.165) is 18.8 Å². The van der Waals surface area contributed by atoms with Crippen molar-refractivity contribution in [2.24, 2.45) is 0 Å². The first kappa shape index (κ1) is 16.6. The molecule has 0 radical (unpaired) electrons. The Labute approximate surface area is 132 Å². The molecule has 1 aliphatic heterocycles. The zero-order valence-electron chi connectivity index (χ0n) is 13.6. The molecule has 0 spiro atoms. The van der Waals surface area contributed by atoms with Gasteiger partial charge in [0, 0.05) is 13.1 Å². The van der Waals surface area contributed by atoms with Crippen molar-refractivity contribution in [3.63, 3.8) is 0 Å². The van der Waals surface area contributed by atoms with Gasteiger partial charge in [0.25, 0.3) is 0 Å². The fourth-order valence-electron chi connectivity index (χ4n) is 2.62. The van der Waals surface area contributed by atoms with Crippen molar-refractivity contribution in [3.05, 3.63) is 24.3 Å². The van der Waals surface area contributed by atoms with E-state index in [1.54, 1.807) is 19.9 Å². The molecule has 5 nitrogen and oxygen atoms in total. The number of likely N-dealkylation sites (tertiary alicyclic amines) is 1. The summed E-state index contributed by atoms with van der Waals surface area (Å²) in [7, 11) is 0. The lowest BCUT2D eigenvalue weighted by molar-refractivity contribution is -0.152. The van der Waals surface area contributed by atoms with Gasteiger partial charge in [-0.25, -0.2) is 4.79 Å². The smallest absolute Gasteiger partial charge is 0.347 e. The predicted molar refractivity (Wildman–Crippen MR) is 87.3 cm³/mol. The van der Waals surface area contributed by atoms with Crippen molar-refractivity contribution < 1.29 is 14.6 Å². The SMILES string of the molecule is CC(Nc1ccccc1OC(C)(C)C(=O)O)N1CCCCC1. The van der Waals surface area contributed by atoms with Crippen LogP contribution >= 0.6 is 0 Å². The number of anilines is 1. The predicted octanol–water partition coefficient (Wildman–Crippen LogP) is 3.17. The number of carbonyl (C=O) groups is 1. The third-order valence-corrected chi connectivity index (χ3v) is 4.07. The van der Waals surface area contributed by atoms with Crippen LogP contribution in [0.2, 0.25) is 0 Å². The molecule has 22 heavy (non-hydrogen) atoms. The maximum atomic E-state index is 11.3. The third-order valence-electron chi connectivity index (χ3n) is 4.07. The zero-order chi connectivity index (χ0) is 16.2. The Morgan fingerprint density at radius 3 is 2.55 bits per heavy atom. The molecule has 0 aromatic heterocycles. The van der Waals surface area contributed by atoms with Crippen LogP contribution in [0.15, 0.2) is 24.3 Å². The zero-order valence-corrected chi connectivity index (χ0v) is 13.6. The van der Waals surface area contributed by atoms with Gasteiger partial charge in [0.2, 0.25) is 0 Å². The average Bonchev–Trinajstić information content (AvgIpc) is 2.49.